The van der Waals surface area contributed by atoms with E-state index in [0.717, 1.165) is 23.1 Å². The first-order valence-corrected chi connectivity index (χ1v) is 8.12. The Morgan fingerprint density at radius 3 is 2.89 bits per heavy atom. The minimum absolute atomic E-state index is 0.364. The number of hydrogen-bond acceptors (Lipinski definition) is 4. The first-order valence-electron chi connectivity index (χ1n) is 6.93. The molecule has 0 saturated heterocycles. The van der Waals surface area contributed by atoms with E-state index in [1.165, 1.54) is 29.7 Å². The average molecular weight is 296 g/mol. The monoisotopic (exact) mass is 295 g/mol. The number of thiophene rings is 1. The molecule has 5 heteroatoms. The van der Waals surface area contributed by atoms with Gasteiger partial charge in [-0.25, -0.2) is 9.97 Å². The molecular weight excluding hydrogens is 278 g/mol. The van der Waals surface area contributed by atoms with Crippen LogP contribution in [0.2, 0.25) is 5.15 Å². The lowest BCUT2D eigenvalue weighted by Crippen LogP contribution is -2.15. The summed E-state index contributed by atoms with van der Waals surface area (Å²) in [4.78, 5) is 11.6. The van der Waals surface area contributed by atoms with Crippen LogP contribution in [0.4, 0.5) is 5.95 Å². The highest BCUT2D eigenvalue weighted by molar-refractivity contribution is 7.19. The quantitative estimate of drug-likeness (QED) is 0.851. The summed E-state index contributed by atoms with van der Waals surface area (Å²) in [5, 5.41) is 5.01. The molecule has 0 aliphatic heterocycles. The predicted octanol–water partition coefficient (Wildman–Crippen LogP) is 4.43. The van der Waals surface area contributed by atoms with Crippen molar-refractivity contribution in [3.05, 3.63) is 15.6 Å². The molecular formula is C14H18ClN3S. The molecule has 0 radical (unpaired) electrons. The fraction of sp³-hybridized carbons (Fsp3) is 0.571. The Morgan fingerprint density at radius 1 is 1.32 bits per heavy atom. The van der Waals surface area contributed by atoms with Gasteiger partial charge in [-0.2, -0.15) is 0 Å². The topological polar surface area (TPSA) is 37.8 Å². The van der Waals surface area contributed by atoms with E-state index >= 15 is 0 Å². The van der Waals surface area contributed by atoms with Crippen LogP contribution in [-0.2, 0) is 12.8 Å². The predicted molar refractivity (Wildman–Crippen MR) is 82.4 cm³/mol. The van der Waals surface area contributed by atoms with Crippen LogP contribution in [0.15, 0.2) is 0 Å². The van der Waals surface area contributed by atoms with Gasteiger partial charge in [-0.1, -0.05) is 18.5 Å². The number of nitrogens with one attached hydrogen (secondary N) is 1. The fourth-order valence-corrected chi connectivity index (χ4v) is 4.10. The summed E-state index contributed by atoms with van der Waals surface area (Å²) >= 11 is 8.17. The SMILES string of the molecule is CCC(C)Nc1nc(Cl)c2c3c(sc2n1)CCCC3. The van der Waals surface area contributed by atoms with Crippen molar-refractivity contribution < 1.29 is 0 Å². The molecule has 102 valence electrons. The molecule has 2 aromatic heterocycles. The van der Waals surface area contributed by atoms with Crippen LogP contribution >= 0.6 is 22.9 Å². The second-order valence-corrected chi connectivity index (χ2v) is 6.62. The molecule has 19 heavy (non-hydrogen) atoms. The highest BCUT2D eigenvalue weighted by atomic mass is 35.5. The molecule has 3 nitrogen and oxygen atoms in total. The third-order valence-corrected chi connectivity index (χ3v) is 5.22. The van der Waals surface area contributed by atoms with Crippen LogP contribution in [0.1, 0.15) is 43.6 Å². The third kappa shape index (κ3) is 2.43. The largest absolute Gasteiger partial charge is 0.352 e. The molecule has 2 aromatic rings. The summed E-state index contributed by atoms with van der Waals surface area (Å²) in [5.41, 5.74) is 1.39. The second-order valence-electron chi connectivity index (χ2n) is 5.18. The number of nitrogens with zero attached hydrogens (tertiary/aromatic N) is 2. The summed E-state index contributed by atoms with van der Waals surface area (Å²) in [6, 6.07) is 0.364. The van der Waals surface area contributed by atoms with Crippen LogP contribution < -0.4 is 5.32 Å². The Hall–Kier alpha value is -0.870. The van der Waals surface area contributed by atoms with Crippen LogP contribution in [-0.4, -0.2) is 16.0 Å². The van der Waals surface area contributed by atoms with Gasteiger partial charge in [0.15, 0.2) is 0 Å². The molecule has 0 amide bonds. The highest BCUT2D eigenvalue weighted by Crippen LogP contribution is 2.38. The van der Waals surface area contributed by atoms with Crippen molar-refractivity contribution in [2.24, 2.45) is 0 Å². The van der Waals surface area contributed by atoms with Gasteiger partial charge in [0.05, 0.1) is 5.39 Å². The van der Waals surface area contributed by atoms with Gasteiger partial charge in [0.2, 0.25) is 5.95 Å². The van der Waals surface area contributed by atoms with E-state index in [2.05, 4.69) is 29.1 Å². The van der Waals surface area contributed by atoms with Gasteiger partial charge in [0.1, 0.15) is 9.98 Å². The molecule has 1 N–H and O–H groups in total. The van der Waals surface area contributed by atoms with Crippen molar-refractivity contribution in [2.45, 2.75) is 52.0 Å². The van der Waals surface area contributed by atoms with E-state index in [-0.39, 0.29) is 0 Å². The van der Waals surface area contributed by atoms with Gasteiger partial charge in [-0.3, -0.25) is 0 Å². The van der Waals surface area contributed by atoms with Gasteiger partial charge in [0, 0.05) is 10.9 Å². The molecule has 1 aliphatic carbocycles. The van der Waals surface area contributed by atoms with Crippen LogP contribution in [0.5, 0.6) is 0 Å². The van der Waals surface area contributed by atoms with Gasteiger partial charge in [-0.15, -0.1) is 11.3 Å². The zero-order valence-corrected chi connectivity index (χ0v) is 12.9. The van der Waals surface area contributed by atoms with E-state index in [4.69, 9.17) is 11.6 Å². The molecule has 2 heterocycles. The molecule has 1 aliphatic rings. The summed E-state index contributed by atoms with van der Waals surface area (Å²) in [6.45, 7) is 4.27. The maximum absolute atomic E-state index is 6.38. The fourth-order valence-electron chi connectivity index (χ4n) is 2.50. The van der Waals surface area contributed by atoms with Crippen molar-refractivity contribution in [3.63, 3.8) is 0 Å². The van der Waals surface area contributed by atoms with Gasteiger partial charge in [0.25, 0.3) is 0 Å². The highest BCUT2D eigenvalue weighted by Gasteiger charge is 2.20. The molecule has 1 unspecified atom stereocenters. The number of rotatable bonds is 3. The van der Waals surface area contributed by atoms with E-state index in [1.807, 2.05) is 0 Å². The van der Waals surface area contributed by atoms with Crippen LogP contribution in [0.3, 0.4) is 0 Å². The van der Waals surface area contributed by atoms with E-state index < -0.39 is 0 Å². The standard InChI is InChI=1S/C14H18ClN3S/c1-3-8(2)16-14-17-12(15)11-9-6-4-5-7-10(9)19-13(11)18-14/h8H,3-7H2,1-2H3,(H,16,17,18). The van der Waals surface area contributed by atoms with E-state index in [9.17, 15) is 0 Å². The smallest absolute Gasteiger partial charge is 0.225 e. The molecule has 0 fully saturated rings. The average Bonchev–Trinajstić information content (AvgIpc) is 2.76. The van der Waals surface area contributed by atoms with Crippen molar-refractivity contribution >= 4 is 39.1 Å². The van der Waals surface area contributed by atoms with Gasteiger partial charge >= 0.3 is 0 Å². The maximum Gasteiger partial charge on any atom is 0.225 e. The van der Waals surface area contributed by atoms with Crippen molar-refractivity contribution in [1.29, 1.82) is 0 Å². The van der Waals surface area contributed by atoms with Crippen molar-refractivity contribution in [1.82, 2.24) is 9.97 Å². The van der Waals surface area contributed by atoms with Crippen LogP contribution in [0, 0.1) is 0 Å². The summed E-state index contributed by atoms with van der Waals surface area (Å²) < 4.78 is 0. The Bertz CT molecular complexity index is 608. The number of aryl methyl sites for hydroxylation is 2. The Kier molecular flexibility index (Phi) is 3.63. The first-order chi connectivity index (χ1) is 9.19. The van der Waals surface area contributed by atoms with Crippen molar-refractivity contribution in [2.75, 3.05) is 5.32 Å². The lowest BCUT2D eigenvalue weighted by Gasteiger charge is -2.12. The Balaban J connectivity index is 2.06. The molecule has 0 aromatic carbocycles. The number of halogens is 1. The molecule has 3 rings (SSSR count). The minimum Gasteiger partial charge on any atom is -0.352 e. The van der Waals surface area contributed by atoms with E-state index in [1.54, 1.807) is 11.3 Å². The van der Waals surface area contributed by atoms with Gasteiger partial charge < -0.3 is 5.32 Å². The van der Waals surface area contributed by atoms with Crippen molar-refractivity contribution in [3.8, 4) is 0 Å². The van der Waals surface area contributed by atoms with Crippen LogP contribution in [0.25, 0.3) is 10.2 Å². The van der Waals surface area contributed by atoms with E-state index in [0.29, 0.717) is 17.1 Å². The molecule has 0 spiro atoms. The normalized spacial score (nSPS) is 16.4. The number of fused-ring (bicyclic) bond motifs is 3. The zero-order chi connectivity index (χ0) is 13.4. The molecule has 1 atom stereocenters. The summed E-state index contributed by atoms with van der Waals surface area (Å²) in [7, 11) is 0. The Morgan fingerprint density at radius 2 is 2.11 bits per heavy atom. The Labute approximate surface area is 122 Å². The zero-order valence-electron chi connectivity index (χ0n) is 11.3. The number of aromatic nitrogens is 2. The molecule has 0 bridgehead atoms. The lowest BCUT2D eigenvalue weighted by molar-refractivity contribution is 0.700. The summed E-state index contributed by atoms with van der Waals surface area (Å²) in [6.07, 6.45) is 5.86. The number of anilines is 1. The molecule has 0 saturated carbocycles. The second kappa shape index (κ2) is 5.25. The van der Waals surface area contributed by atoms with Gasteiger partial charge in [-0.05, 0) is 44.6 Å². The minimum atomic E-state index is 0.364. The summed E-state index contributed by atoms with van der Waals surface area (Å²) in [5.74, 6) is 0.658. The lowest BCUT2D eigenvalue weighted by atomic mass is 9.97. The number of hydrogen-bond donors (Lipinski definition) is 1. The third-order valence-electron chi connectivity index (χ3n) is 3.76. The maximum atomic E-state index is 6.38. The first kappa shape index (κ1) is 13.1.